The summed E-state index contributed by atoms with van der Waals surface area (Å²) in [5.41, 5.74) is 1.84. The van der Waals surface area contributed by atoms with Crippen molar-refractivity contribution in [1.82, 2.24) is 9.71 Å². The summed E-state index contributed by atoms with van der Waals surface area (Å²) in [7, 11) is -3.64. The molecule has 0 atom stereocenters. The predicted molar refractivity (Wildman–Crippen MR) is 113 cm³/mol. The summed E-state index contributed by atoms with van der Waals surface area (Å²) in [6, 6.07) is 12.6. The minimum atomic E-state index is -3.64. The van der Waals surface area contributed by atoms with E-state index in [0.717, 1.165) is 54.4 Å². The molecule has 0 radical (unpaired) electrons. The van der Waals surface area contributed by atoms with E-state index in [1.54, 1.807) is 6.20 Å². The average molecular weight is 434 g/mol. The Morgan fingerprint density at radius 2 is 1.66 bits per heavy atom. The highest BCUT2D eigenvalue weighted by molar-refractivity contribution is 7.89. The SMILES string of the molecule is O=S(=O)(N[C@H]1CC[C@@H](Nc2ccnc3cc(Cl)ccc23)CC1)c1ccc(F)cc1. The summed E-state index contributed by atoms with van der Waals surface area (Å²) in [6.45, 7) is 0. The number of halogens is 2. The number of hydrogen-bond acceptors (Lipinski definition) is 4. The Bertz CT molecular complexity index is 1110. The summed E-state index contributed by atoms with van der Waals surface area (Å²) >= 11 is 6.05. The van der Waals surface area contributed by atoms with Crippen molar-refractivity contribution in [3.05, 3.63) is 65.6 Å². The van der Waals surface area contributed by atoms with E-state index in [9.17, 15) is 12.8 Å². The van der Waals surface area contributed by atoms with E-state index in [1.807, 2.05) is 24.3 Å². The monoisotopic (exact) mass is 433 g/mol. The summed E-state index contributed by atoms with van der Waals surface area (Å²) < 4.78 is 40.8. The molecule has 3 aromatic rings. The van der Waals surface area contributed by atoms with Gasteiger partial charge >= 0.3 is 0 Å². The molecule has 152 valence electrons. The van der Waals surface area contributed by atoms with Crippen molar-refractivity contribution in [3.8, 4) is 0 Å². The number of fused-ring (bicyclic) bond motifs is 1. The van der Waals surface area contributed by atoms with Crippen LogP contribution >= 0.6 is 11.6 Å². The molecule has 4 rings (SSSR count). The van der Waals surface area contributed by atoms with Crippen LogP contribution in [0.25, 0.3) is 10.9 Å². The maximum absolute atomic E-state index is 13.0. The van der Waals surface area contributed by atoms with Crippen LogP contribution in [0.4, 0.5) is 10.1 Å². The Balaban J connectivity index is 1.38. The number of nitrogens with zero attached hydrogens (tertiary/aromatic N) is 1. The maximum atomic E-state index is 13.0. The molecule has 0 amide bonds. The molecule has 0 saturated heterocycles. The summed E-state index contributed by atoms with van der Waals surface area (Å²) in [5.74, 6) is -0.457. The van der Waals surface area contributed by atoms with Crippen molar-refractivity contribution in [2.24, 2.45) is 0 Å². The molecule has 2 N–H and O–H groups in total. The van der Waals surface area contributed by atoms with Crippen molar-refractivity contribution >= 4 is 38.2 Å². The molecular formula is C21H21ClFN3O2S. The molecule has 1 aliphatic carbocycles. The van der Waals surface area contributed by atoms with Gasteiger partial charge in [-0.05, 0) is 74.2 Å². The Morgan fingerprint density at radius 3 is 2.38 bits per heavy atom. The first-order valence-corrected chi connectivity index (χ1v) is 11.4. The molecule has 1 fully saturated rings. The second kappa shape index (κ2) is 8.26. The predicted octanol–water partition coefficient (Wildman–Crippen LogP) is 4.73. The van der Waals surface area contributed by atoms with Gasteiger partial charge in [0.05, 0.1) is 10.4 Å². The van der Waals surface area contributed by atoms with E-state index in [1.165, 1.54) is 12.1 Å². The van der Waals surface area contributed by atoms with Gasteiger partial charge in [-0.25, -0.2) is 17.5 Å². The van der Waals surface area contributed by atoms with E-state index in [4.69, 9.17) is 11.6 Å². The van der Waals surface area contributed by atoms with Gasteiger partial charge in [0, 0.05) is 34.4 Å². The minimum absolute atomic E-state index is 0.0843. The first-order chi connectivity index (χ1) is 13.9. The molecule has 5 nitrogen and oxygen atoms in total. The van der Waals surface area contributed by atoms with Gasteiger partial charge in [-0.15, -0.1) is 0 Å². The molecule has 2 aromatic carbocycles. The van der Waals surface area contributed by atoms with Crippen molar-refractivity contribution in [2.75, 3.05) is 5.32 Å². The van der Waals surface area contributed by atoms with Crippen LogP contribution in [0.15, 0.2) is 59.6 Å². The zero-order valence-corrected chi connectivity index (χ0v) is 17.2. The Hall–Kier alpha value is -2.22. The largest absolute Gasteiger partial charge is 0.382 e. The fraction of sp³-hybridized carbons (Fsp3) is 0.286. The third kappa shape index (κ3) is 4.69. The van der Waals surface area contributed by atoms with Gasteiger partial charge in [-0.1, -0.05) is 11.6 Å². The van der Waals surface area contributed by atoms with Crippen LogP contribution in [0.2, 0.25) is 5.02 Å². The number of aromatic nitrogens is 1. The van der Waals surface area contributed by atoms with E-state index < -0.39 is 15.8 Å². The van der Waals surface area contributed by atoms with E-state index in [0.29, 0.717) is 5.02 Å². The van der Waals surface area contributed by atoms with Gasteiger partial charge in [0.15, 0.2) is 0 Å². The van der Waals surface area contributed by atoms with Crippen LogP contribution < -0.4 is 10.0 Å². The van der Waals surface area contributed by atoms with Gasteiger partial charge in [0.2, 0.25) is 10.0 Å². The molecule has 0 spiro atoms. The minimum Gasteiger partial charge on any atom is -0.382 e. The van der Waals surface area contributed by atoms with Crippen LogP contribution in [0, 0.1) is 5.82 Å². The van der Waals surface area contributed by atoms with E-state index in [-0.39, 0.29) is 17.0 Å². The molecule has 1 heterocycles. The molecular weight excluding hydrogens is 413 g/mol. The van der Waals surface area contributed by atoms with Gasteiger partial charge in [0.25, 0.3) is 0 Å². The summed E-state index contributed by atoms with van der Waals surface area (Å²) in [4.78, 5) is 4.44. The third-order valence-electron chi connectivity index (χ3n) is 5.24. The smallest absolute Gasteiger partial charge is 0.240 e. The van der Waals surface area contributed by atoms with Gasteiger partial charge in [-0.3, -0.25) is 4.98 Å². The third-order valence-corrected chi connectivity index (χ3v) is 7.01. The molecule has 29 heavy (non-hydrogen) atoms. The lowest BCUT2D eigenvalue weighted by Crippen LogP contribution is -2.40. The van der Waals surface area contributed by atoms with Crippen LogP contribution in [0.5, 0.6) is 0 Å². The average Bonchev–Trinajstić information content (AvgIpc) is 2.69. The van der Waals surface area contributed by atoms with Crippen LogP contribution in [-0.4, -0.2) is 25.5 Å². The van der Waals surface area contributed by atoms with Gasteiger partial charge in [-0.2, -0.15) is 0 Å². The van der Waals surface area contributed by atoms with Crippen molar-refractivity contribution < 1.29 is 12.8 Å². The Labute approximate surface area is 174 Å². The molecule has 0 bridgehead atoms. The number of anilines is 1. The number of hydrogen-bond donors (Lipinski definition) is 2. The molecule has 0 aliphatic heterocycles. The molecule has 8 heteroatoms. The van der Waals surface area contributed by atoms with Crippen molar-refractivity contribution in [1.29, 1.82) is 0 Å². The molecule has 1 saturated carbocycles. The second-order valence-corrected chi connectivity index (χ2v) is 9.44. The molecule has 0 unspecified atom stereocenters. The number of nitrogens with one attached hydrogen (secondary N) is 2. The Morgan fingerprint density at radius 1 is 0.966 bits per heavy atom. The topological polar surface area (TPSA) is 71.1 Å². The standard InChI is InChI=1S/C21H21ClFN3O2S/c22-14-1-10-19-20(11-12-24-21(19)13-14)25-16-4-6-17(7-5-16)26-29(27,28)18-8-2-15(23)3-9-18/h1-3,8-13,16-17,26H,4-7H2,(H,24,25)/t16-,17+. The quantitative estimate of drug-likeness (QED) is 0.610. The highest BCUT2D eigenvalue weighted by Gasteiger charge is 2.26. The Kier molecular flexibility index (Phi) is 5.72. The van der Waals surface area contributed by atoms with Crippen LogP contribution in [0.3, 0.4) is 0 Å². The lowest BCUT2D eigenvalue weighted by molar-refractivity contribution is 0.387. The van der Waals surface area contributed by atoms with Crippen molar-refractivity contribution in [3.63, 3.8) is 0 Å². The second-order valence-electron chi connectivity index (χ2n) is 7.29. The maximum Gasteiger partial charge on any atom is 0.240 e. The fourth-order valence-corrected chi connectivity index (χ4v) is 5.20. The highest BCUT2D eigenvalue weighted by Crippen LogP contribution is 2.28. The molecule has 1 aliphatic rings. The number of sulfonamides is 1. The first-order valence-electron chi connectivity index (χ1n) is 9.49. The van der Waals surface area contributed by atoms with E-state index in [2.05, 4.69) is 15.0 Å². The van der Waals surface area contributed by atoms with E-state index >= 15 is 0 Å². The summed E-state index contributed by atoms with van der Waals surface area (Å²) in [6.07, 6.45) is 4.89. The molecule has 1 aromatic heterocycles. The number of pyridine rings is 1. The zero-order valence-electron chi connectivity index (χ0n) is 15.6. The first kappa shape index (κ1) is 20.1. The normalized spacial score (nSPS) is 19.9. The van der Waals surface area contributed by atoms with Crippen LogP contribution in [0.1, 0.15) is 25.7 Å². The van der Waals surface area contributed by atoms with Crippen LogP contribution in [-0.2, 0) is 10.0 Å². The lowest BCUT2D eigenvalue weighted by Gasteiger charge is -2.30. The highest BCUT2D eigenvalue weighted by atomic mass is 35.5. The van der Waals surface area contributed by atoms with Crippen molar-refractivity contribution in [2.45, 2.75) is 42.7 Å². The van der Waals surface area contributed by atoms with Gasteiger partial charge in [0.1, 0.15) is 5.82 Å². The van der Waals surface area contributed by atoms with Gasteiger partial charge < -0.3 is 5.32 Å². The fourth-order valence-electron chi connectivity index (χ4n) is 3.72. The lowest BCUT2D eigenvalue weighted by atomic mass is 9.91. The zero-order chi connectivity index (χ0) is 20.4. The number of rotatable bonds is 5. The summed E-state index contributed by atoms with van der Waals surface area (Å²) in [5, 5.41) is 5.22. The number of benzene rings is 2.